The van der Waals surface area contributed by atoms with Gasteiger partial charge in [-0.05, 0) is 46.5 Å². The Labute approximate surface area is 158 Å². The highest BCUT2D eigenvalue weighted by Crippen LogP contribution is 2.18. The molecule has 3 rings (SSSR count). The van der Waals surface area contributed by atoms with Gasteiger partial charge in [0.15, 0.2) is 0 Å². The lowest BCUT2D eigenvalue weighted by molar-refractivity contribution is -0.131. The second-order valence-corrected chi connectivity index (χ2v) is 7.84. The number of sulfonamides is 1. The van der Waals surface area contributed by atoms with Gasteiger partial charge in [0.05, 0.1) is 4.90 Å². The summed E-state index contributed by atoms with van der Waals surface area (Å²) in [5.41, 5.74) is 1.74. The van der Waals surface area contributed by atoms with E-state index in [9.17, 15) is 13.2 Å². The number of rotatable bonds is 7. The lowest BCUT2D eigenvalue weighted by Crippen LogP contribution is -2.26. The molecular formula is C21H19NO4S. The third kappa shape index (κ3) is 5.03. The summed E-state index contributed by atoms with van der Waals surface area (Å²) >= 11 is 0. The molecule has 0 spiro atoms. The molecule has 0 bridgehead atoms. The quantitative estimate of drug-likeness (QED) is 0.614. The Kier molecular flexibility index (Phi) is 5.69. The van der Waals surface area contributed by atoms with Gasteiger partial charge in [-0.25, -0.2) is 17.9 Å². The van der Waals surface area contributed by atoms with E-state index in [1.807, 2.05) is 36.4 Å². The highest BCUT2D eigenvalue weighted by Gasteiger charge is 2.13. The first-order chi connectivity index (χ1) is 12.9. The van der Waals surface area contributed by atoms with Crippen molar-refractivity contribution in [1.29, 1.82) is 0 Å². The maximum atomic E-state index is 12.5. The van der Waals surface area contributed by atoms with E-state index in [1.165, 1.54) is 6.08 Å². The predicted octanol–water partition coefficient (Wildman–Crippen LogP) is 3.46. The molecule has 0 atom stereocenters. The maximum Gasteiger partial charge on any atom is 0.328 e. The topological polar surface area (TPSA) is 83.5 Å². The second-order valence-electron chi connectivity index (χ2n) is 6.07. The zero-order valence-corrected chi connectivity index (χ0v) is 15.3. The summed E-state index contributed by atoms with van der Waals surface area (Å²) in [6, 6.07) is 20.0. The molecule has 3 aromatic rings. The van der Waals surface area contributed by atoms with E-state index in [1.54, 1.807) is 30.3 Å². The van der Waals surface area contributed by atoms with Gasteiger partial charge in [0.25, 0.3) is 0 Å². The van der Waals surface area contributed by atoms with Gasteiger partial charge in [-0.1, -0.05) is 54.6 Å². The summed E-state index contributed by atoms with van der Waals surface area (Å²) < 4.78 is 27.6. The molecule has 0 amide bonds. The molecular weight excluding hydrogens is 362 g/mol. The van der Waals surface area contributed by atoms with Gasteiger partial charge < -0.3 is 5.11 Å². The number of carboxylic acids is 1. The smallest absolute Gasteiger partial charge is 0.328 e. The summed E-state index contributed by atoms with van der Waals surface area (Å²) in [5, 5.41) is 10.5. The molecule has 0 heterocycles. The maximum absolute atomic E-state index is 12.5. The first-order valence-corrected chi connectivity index (χ1v) is 9.91. The van der Waals surface area contributed by atoms with Crippen LogP contribution in [0.1, 0.15) is 11.1 Å². The van der Waals surface area contributed by atoms with Gasteiger partial charge in [-0.2, -0.15) is 0 Å². The molecule has 6 heteroatoms. The van der Waals surface area contributed by atoms with Crippen molar-refractivity contribution in [1.82, 2.24) is 4.72 Å². The molecule has 3 aromatic carbocycles. The molecule has 0 aliphatic rings. The zero-order valence-electron chi connectivity index (χ0n) is 14.5. The van der Waals surface area contributed by atoms with Gasteiger partial charge >= 0.3 is 5.97 Å². The second kappa shape index (κ2) is 8.16. The Morgan fingerprint density at radius 1 is 0.963 bits per heavy atom. The number of carbonyl (C=O) groups is 1. The van der Waals surface area contributed by atoms with E-state index in [2.05, 4.69) is 4.72 Å². The van der Waals surface area contributed by atoms with Gasteiger partial charge in [0, 0.05) is 12.6 Å². The lowest BCUT2D eigenvalue weighted by atomic mass is 10.1. The Morgan fingerprint density at radius 3 is 2.37 bits per heavy atom. The van der Waals surface area contributed by atoms with E-state index >= 15 is 0 Å². The van der Waals surface area contributed by atoms with Crippen LogP contribution in [0.25, 0.3) is 16.8 Å². The van der Waals surface area contributed by atoms with Crippen molar-refractivity contribution in [3.8, 4) is 0 Å². The van der Waals surface area contributed by atoms with E-state index in [0.29, 0.717) is 6.42 Å². The average Bonchev–Trinajstić information content (AvgIpc) is 2.67. The normalized spacial score (nSPS) is 11.9. The third-order valence-corrected chi connectivity index (χ3v) is 5.59. The Morgan fingerprint density at radius 2 is 1.67 bits per heavy atom. The van der Waals surface area contributed by atoms with Crippen LogP contribution < -0.4 is 4.72 Å². The molecule has 5 nitrogen and oxygen atoms in total. The molecule has 0 saturated heterocycles. The standard InChI is InChI=1S/C21H19NO4S/c23-21(24)12-9-16-5-7-17(8-6-16)13-14-22-27(25,26)20-11-10-18-3-1-2-4-19(18)15-20/h1-12,15,22H,13-14H2,(H,23,24)/b12-9+. The largest absolute Gasteiger partial charge is 0.478 e. The van der Waals surface area contributed by atoms with Crippen molar-refractivity contribution < 1.29 is 18.3 Å². The number of hydrogen-bond donors (Lipinski definition) is 2. The summed E-state index contributed by atoms with van der Waals surface area (Å²) in [7, 11) is -3.57. The first kappa shape index (κ1) is 18.8. The van der Waals surface area contributed by atoms with Crippen LogP contribution in [0, 0.1) is 0 Å². The van der Waals surface area contributed by atoms with E-state index in [4.69, 9.17) is 5.11 Å². The molecule has 138 valence electrons. The van der Waals surface area contributed by atoms with Gasteiger partial charge in [-0.15, -0.1) is 0 Å². The molecule has 0 saturated carbocycles. The van der Waals surface area contributed by atoms with Gasteiger partial charge in [0.1, 0.15) is 0 Å². The van der Waals surface area contributed by atoms with Crippen LogP contribution in [0.3, 0.4) is 0 Å². The van der Waals surface area contributed by atoms with Gasteiger partial charge in [0.2, 0.25) is 10.0 Å². The number of fused-ring (bicyclic) bond motifs is 1. The molecule has 0 aliphatic heterocycles. The van der Waals surface area contributed by atoms with Crippen LogP contribution in [0.2, 0.25) is 0 Å². The van der Waals surface area contributed by atoms with Crippen LogP contribution >= 0.6 is 0 Å². The number of aliphatic carboxylic acids is 1. The van der Waals surface area contributed by atoms with Crippen molar-refractivity contribution in [2.24, 2.45) is 0 Å². The van der Waals surface area contributed by atoms with Crippen molar-refractivity contribution in [3.63, 3.8) is 0 Å². The minimum absolute atomic E-state index is 0.246. The summed E-state index contributed by atoms with van der Waals surface area (Å²) in [6.45, 7) is 0.277. The predicted molar refractivity (Wildman–Crippen MR) is 106 cm³/mol. The van der Waals surface area contributed by atoms with E-state index in [-0.39, 0.29) is 11.4 Å². The SMILES string of the molecule is O=C(O)/C=C/c1ccc(CCNS(=O)(=O)c2ccc3ccccc3c2)cc1. The van der Waals surface area contributed by atoms with Crippen molar-refractivity contribution in [3.05, 3.63) is 83.9 Å². The Balaban J connectivity index is 1.62. The Hall–Kier alpha value is -2.96. The molecule has 0 unspecified atom stereocenters. The number of carboxylic acid groups (broad SMARTS) is 1. The van der Waals surface area contributed by atoms with Crippen LogP contribution in [0.15, 0.2) is 77.7 Å². The third-order valence-electron chi connectivity index (χ3n) is 4.14. The lowest BCUT2D eigenvalue weighted by Gasteiger charge is -2.08. The van der Waals surface area contributed by atoms with Crippen LogP contribution in [-0.2, 0) is 21.2 Å². The molecule has 27 heavy (non-hydrogen) atoms. The highest BCUT2D eigenvalue weighted by atomic mass is 32.2. The van der Waals surface area contributed by atoms with Crippen LogP contribution in [0.5, 0.6) is 0 Å². The van der Waals surface area contributed by atoms with Crippen molar-refractivity contribution in [2.75, 3.05) is 6.54 Å². The summed E-state index contributed by atoms with van der Waals surface area (Å²) in [6.07, 6.45) is 3.12. The van der Waals surface area contributed by atoms with Crippen LogP contribution in [0.4, 0.5) is 0 Å². The molecule has 0 aromatic heterocycles. The van der Waals surface area contributed by atoms with Crippen molar-refractivity contribution >= 4 is 32.8 Å². The van der Waals surface area contributed by atoms with Crippen molar-refractivity contribution in [2.45, 2.75) is 11.3 Å². The minimum atomic E-state index is -3.57. The number of hydrogen-bond acceptors (Lipinski definition) is 3. The zero-order chi connectivity index (χ0) is 19.3. The molecule has 0 radical (unpaired) electrons. The number of benzene rings is 3. The van der Waals surface area contributed by atoms with E-state index < -0.39 is 16.0 Å². The summed E-state index contributed by atoms with van der Waals surface area (Å²) in [4.78, 5) is 10.8. The first-order valence-electron chi connectivity index (χ1n) is 8.42. The monoisotopic (exact) mass is 381 g/mol. The molecule has 0 aliphatic carbocycles. The fourth-order valence-electron chi connectivity index (χ4n) is 2.71. The Bertz CT molecular complexity index is 1090. The summed E-state index contributed by atoms with van der Waals surface area (Å²) in [5.74, 6) is -0.998. The molecule has 0 fully saturated rings. The van der Waals surface area contributed by atoms with E-state index in [0.717, 1.165) is 28.0 Å². The number of nitrogens with one attached hydrogen (secondary N) is 1. The van der Waals surface area contributed by atoms with Crippen LogP contribution in [-0.4, -0.2) is 26.0 Å². The van der Waals surface area contributed by atoms with Gasteiger partial charge in [-0.3, -0.25) is 0 Å². The highest BCUT2D eigenvalue weighted by molar-refractivity contribution is 7.89. The average molecular weight is 381 g/mol. The minimum Gasteiger partial charge on any atom is -0.478 e. The fraction of sp³-hybridized carbons (Fsp3) is 0.0952. The molecule has 2 N–H and O–H groups in total. The fourth-order valence-corrected chi connectivity index (χ4v) is 3.78.